The number of carbonyl (C=O) groups is 1. The van der Waals surface area contributed by atoms with E-state index in [-0.39, 0.29) is 5.56 Å². The van der Waals surface area contributed by atoms with E-state index in [1.807, 2.05) is 0 Å². The average molecular weight is 255 g/mol. The Morgan fingerprint density at radius 3 is 2.31 bits per heavy atom. The molecule has 0 saturated heterocycles. The number of carboxylic acids is 1. The predicted octanol–water partition coefficient (Wildman–Crippen LogP) is 2.48. The normalized spacial score (nSPS) is 13.6. The van der Waals surface area contributed by atoms with Crippen molar-refractivity contribution in [3.8, 4) is 0 Å². The summed E-state index contributed by atoms with van der Waals surface area (Å²) >= 11 is 5.45. The van der Waals surface area contributed by atoms with E-state index in [0.717, 1.165) is 6.07 Å². The van der Waals surface area contributed by atoms with Crippen LogP contribution >= 0.6 is 11.6 Å². The van der Waals surface area contributed by atoms with Gasteiger partial charge in [0, 0.05) is 10.6 Å². The zero-order chi connectivity index (χ0) is 12.5. The third-order valence-corrected chi connectivity index (χ3v) is 2.18. The Bertz CT molecular complexity index is 417. The molecule has 1 rings (SSSR count). The molecule has 7 heteroatoms. The summed E-state index contributed by atoms with van der Waals surface area (Å²) in [5, 5.41) is 17.1. The van der Waals surface area contributed by atoms with Gasteiger partial charge in [-0.15, -0.1) is 0 Å². The van der Waals surface area contributed by atoms with Gasteiger partial charge < -0.3 is 10.2 Å². The quantitative estimate of drug-likeness (QED) is 0.852. The highest BCUT2D eigenvalue weighted by molar-refractivity contribution is 6.31. The van der Waals surface area contributed by atoms with E-state index in [9.17, 15) is 18.0 Å². The SMILES string of the molecule is O=C(O)[C@H](O)c1ccc(C(F)(F)F)cc1Cl. The van der Waals surface area contributed by atoms with Crippen molar-refractivity contribution in [1.29, 1.82) is 0 Å². The van der Waals surface area contributed by atoms with Gasteiger partial charge >= 0.3 is 12.1 Å². The van der Waals surface area contributed by atoms with Crippen molar-refractivity contribution in [1.82, 2.24) is 0 Å². The van der Waals surface area contributed by atoms with Crippen molar-refractivity contribution < 1.29 is 28.2 Å². The lowest BCUT2D eigenvalue weighted by atomic mass is 10.1. The summed E-state index contributed by atoms with van der Waals surface area (Å²) in [7, 11) is 0. The fourth-order valence-electron chi connectivity index (χ4n) is 1.06. The van der Waals surface area contributed by atoms with Gasteiger partial charge in [-0.25, -0.2) is 4.79 Å². The van der Waals surface area contributed by atoms with Crippen molar-refractivity contribution in [3.63, 3.8) is 0 Å². The van der Waals surface area contributed by atoms with Crippen LogP contribution in [0.2, 0.25) is 5.02 Å². The second-order valence-corrected chi connectivity index (χ2v) is 3.38. The first-order chi connectivity index (χ1) is 7.23. The van der Waals surface area contributed by atoms with Gasteiger partial charge in [0.2, 0.25) is 0 Å². The summed E-state index contributed by atoms with van der Waals surface area (Å²) in [5.74, 6) is -1.58. The van der Waals surface area contributed by atoms with Crippen molar-refractivity contribution in [3.05, 3.63) is 34.3 Å². The molecule has 0 radical (unpaired) electrons. The van der Waals surface area contributed by atoms with Crippen LogP contribution in [0.5, 0.6) is 0 Å². The van der Waals surface area contributed by atoms with Crippen LogP contribution in [0.1, 0.15) is 17.2 Å². The van der Waals surface area contributed by atoms with Gasteiger partial charge in [0.05, 0.1) is 5.56 Å². The van der Waals surface area contributed by atoms with Crippen LogP contribution in [0, 0.1) is 0 Å². The highest BCUT2D eigenvalue weighted by Gasteiger charge is 2.31. The maximum atomic E-state index is 12.2. The van der Waals surface area contributed by atoms with E-state index in [0.29, 0.717) is 12.1 Å². The molecule has 0 fully saturated rings. The van der Waals surface area contributed by atoms with Crippen LogP contribution in [-0.4, -0.2) is 16.2 Å². The summed E-state index contributed by atoms with van der Waals surface area (Å²) < 4.78 is 36.7. The Hall–Kier alpha value is -1.27. The van der Waals surface area contributed by atoms with Gasteiger partial charge in [0.1, 0.15) is 0 Å². The minimum atomic E-state index is -4.56. The van der Waals surface area contributed by atoms with Gasteiger partial charge in [0.25, 0.3) is 0 Å². The fraction of sp³-hybridized carbons (Fsp3) is 0.222. The largest absolute Gasteiger partial charge is 0.479 e. The number of hydrogen-bond acceptors (Lipinski definition) is 2. The number of aliphatic hydroxyl groups excluding tert-OH is 1. The zero-order valence-electron chi connectivity index (χ0n) is 7.62. The number of benzene rings is 1. The number of aliphatic hydroxyl groups is 1. The second-order valence-electron chi connectivity index (χ2n) is 2.97. The van der Waals surface area contributed by atoms with Gasteiger partial charge in [-0.1, -0.05) is 17.7 Å². The molecule has 1 aromatic rings. The van der Waals surface area contributed by atoms with Crippen LogP contribution in [0.3, 0.4) is 0 Å². The molecule has 3 nitrogen and oxygen atoms in total. The van der Waals surface area contributed by atoms with E-state index < -0.39 is 28.8 Å². The molecule has 16 heavy (non-hydrogen) atoms. The number of rotatable bonds is 2. The standard InChI is InChI=1S/C9H6ClF3O3/c10-6-3-4(9(11,12)13)1-2-5(6)7(14)8(15)16/h1-3,7,14H,(H,15,16)/t7-/m1/s1. The molecule has 1 atom stereocenters. The molecule has 0 aliphatic rings. The maximum absolute atomic E-state index is 12.2. The Morgan fingerprint density at radius 1 is 1.38 bits per heavy atom. The Labute approximate surface area is 93.1 Å². The van der Waals surface area contributed by atoms with Crippen molar-refractivity contribution in [2.75, 3.05) is 0 Å². The highest BCUT2D eigenvalue weighted by Crippen LogP contribution is 2.33. The number of aliphatic carboxylic acids is 1. The summed E-state index contributed by atoms with van der Waals surface area (Å²) in [6, 6.07) is 2.07. The van der Waals surface area contributed by atoms with E-state index in [1.165, 1.54) is 0 Å². The van der Waals surface area contributed by atoms with Gasteiger partial charge in [-0.3, -0.25) is 0 Å². The Balaban J connectivity index is 3.15. The van der Waals surface area contributed by atoms with Crippen molar-refractivity contribution >= 4 is 17.6 Å². The summed E-state index contributed by atoms with van der Waals surface area (Å²) in [6.07, 6.45) is -6.49. The lowest BCUT2D eigenvalue weighted by Crippen LogP contribution is -2.12. The van der Waals surface area contributed by atoms with Crippen molar-refractivity contribution in [2.45, 2.75) is 12.3 Å². The van der Waals surface area contributed by atoms with E-state index in [4.69, 9.17) is 21.8 Å². The van der Waals surface area contributed by atoms with Crippen LogP contribution in [0.4, 0.5) is 13.2 Å². The predicted molar refractivity (Wildman–Crippen MR) is 49.0 cm³/mol. The summed E-state index contributed by atoms with van der Waals surface area (Å²) in [4.78, 5) is 10.4. The molecular weight excluding hydrogens is 249 g/mol. The number of halogens is 4. The summed E-state index contributed by atoms with van der Waals surface area (Å²) in [5.41, 5.74) is -1.28. The average Bonchev–Trinajstić information content (AvgIpc) is 2.15. The van der Waals surface area contributed by atoms with Crippen LogP contribution in [-0.2, 0) is 11.0 Å². The third kappa shape index (κ3) is 2.65. The van der Waals surface area contributed by atoms with Gasteiger partial charge in [0.15, 0.2) is 6.10 Å². The molecule has 0 amide bonds. The van der Waals surface area contributed by atoms with Crippen LogP contribution in [0.25, 0.3) is 0 Å². The molecule has 0 unspecified atom stereocenters. The molecule has 0 aliphatic carbocycles. The molecule has 0 heterocycles. The lowest BCUT2D eigenvalue weighted by molar-refractivity contribution is -0.146. The molecule has 2 N–H and O–H groups in total. The molecule has 0 bridgehead atoms. The zero-order valence-corrected chi connectivity index (χ0v) is 8.38. The van der Waals surface area contributed by atoms with Gasteiger partial charge in [-0.2, -0.15) is 13.2 Å². The molecule has 1 aromatic carbocycles. The first-order valence-corrected chi connectivity index (χ1v) is 4.39. The second kappa shape index (κ2) is 4.31. The van der Waals surface area contributed by atoms with Crippen molar-refractivity contribution in [2.24, 2.45) is 0 Å². The molecule has 0 saturated carbocycles. The Kier molecular flexibility index (Phi) is 3.44. The van der Waals surface area contributed by atoms with Crippen LogP contribution in [0.15, 0.2) is 18.2 Å². The monoisotopic (exact) mass is 254 g/mol. The highest BCUT2D eigenvalue weighted by atomic mass is 35.5. The molecule has 88 valence electrons. The topological polar surface area (TPSA) is 57.5 Å². The maximum Gasteiger partial charge on any atom is 0.416 e. The summed E-state index contributed by atoms with van der Waals surface area (Å²) in [6.45, 7) is 0. The van der Waals surface area contributed by atoms with E-state index in [1.54, 1.807) is 0 Å². The number of alkyl halides is 3. The third-order valence-electron chi connectivity index (χ3n) is 1.86. The minimum Gasteiger partial charge on any atom is -0.479 e. The molecule has 0 spiro atoms. The molecule has 0 aromatic heterocycles. The minimum absolute atomic E-state index is 0.276. The first kappa shape index (κ1) is 12.8. The smallest absolute Gasteiger partial charge is 0.416 e. The van der Waals surface area contributed by atoms with Gasteiger partial charge in [-0.05, 0) is 12.1 Å². The fourth-order valence-corrected chi connectivity index (χ4v) is 1.34. The molecule has 0 aliphatic heterocycles. The van der Waals surface area contributed by atoms with Crippen LogP contribution < -0.4 is 0 Å². The number of carboxylic acid groups (broad SMARTS) is 1. The van der Waals surface area contributed by atoms with E-state index >= 15 is 0 Å². The molecular formula is C9H6ClF3O3. The Morgan fingerprint density at radius 2 is 1.94 bits per heavy atom. The first-order valence-electron chi connectivity index (χ1n) is 4.01. The van der Waals surface area contributed by atoms with E-state index in [2.05, 4.69) is 0 Å². The number of hydrogen-bond donors (Lipinski definition) is 2. The lowest BCUT2D eigenvalue weighted by Gasteiger charge is -2.11.